The van der Waals surface area contributed by atoms with Gasteiger partial charge in [0.25, 0.3) is 5.91 Å². The van der Waals surface area contributed by atoms with E-state index in [9.17, 15) is 23.2 Å². The maximum atomic E-state index is 13.9. The maximum absolute atomic E-state index is 13.9. The highest BCUT2D eigenvalue weighted by molar-refractivity contribution is 6.21. The summed E-state index contributed by atoms with van der Waals surface area (Å²) in [5.41, 5.74) is 2.48. The van der Waals surface area contributed by atoms with Gasteiger partial charge in [-0.1, -0.05) is 31.2 Å². The number of benzene rings is 3. The van der Waals surface area contributed by atoms with E-state index in [0.717, 1.165) is 12.1 Å². The molecule has 41 heavy (non-hydrogen) atoms. The van der Waals surface area contributed by atoms with Gasteiger partial charge in [-0.25, -0.2) is 13.8 Å². The normalized spacial score (nSPS) is 16.4. The molecule has 3 aromatic carbocycles. The molecule has 0 aliphatic carbocycles. The van der Waals surface area contributed by atoms with Crippen molar-refractivity contribution in [3.63, 3.8) is 0 Å². The van der Waals surface area contributed by atoms with Crippen molar-refractivity contribution in [2.24, 2.45) is 10.9 Å². The lowest BCUT2D eigenvalue weighted by molar-refractivity contribution is -0.130. The number of fused-ring (bicyclic) bond motifs is 2. The van der Waals surface area contributed by atoms with Crippen molar-refractivity contribution in [1.82, 2.24) is 10.6 Å². The highest BCUT2D eigenvalue weighted by atomic mass is 19.2. The van der Waals surface area contributed by atoms with E-state index < -0.39 is 35.5 Å². The van der Waals surface area contributed by atoms with Crippen LogP contribution >= 0.6 is 0 Å². The average molecular weight is 563 g/mol. The molecule has 1 unspecified atom stereocenters. The Bertz CT molecular complexity index is 1540. The zero-order valence-electron chi connectivity index (χ0n) is 22.4. The summed E-state index contributed by atoms with van der Waals surface area (Å²) in [6.45, 7) is 3.55. The molecule has 0 fully saturated rings. The second-order valence-corrected chi connectivity index (χ2v) is 9.71. The molecule has 0 spiro atoms. The molecular weight excluding hydrogens is 534 g/mol. The molecule has 0 radical (unpaired) electrons. The number of carbonyl (C=O) groups excluding carboxylic acids is 3. The van der Waals surface area contributed by atoms with Crippen LogP contribution in [-0.2, 0) is 20.8 Å². The van der Waals surface area contributed by atoms with E-state index in [1.54, 1.807) is 56.3 Å². The van der Waals surface area contributed by atoms with Gasteiger partial charge in [0.05, 0.1) is 11.4 Å². The molecule has 2 N–H and O–H groups in total. The molecule has 0 bridgehead atoms. The van der Waals surface area contributed by atoms with Crippen LogP contribution in [0, 0.1) is 17.6 Å². The quantitative estimate of drug-likeness (QED) is 0.438. The lowest BCUT2D eigenvalue weighted by atomic mass is 9.99. The highest BCUT2D eigenvalue weighted by Gasteiger charge is 2.35. The Balaban J connectivity index is 1.51. The van der Waals surface area contributed by atoms with Gasteiger partial charge >= 0.3 is 0 Å². The minimum absolute atomic E-state index is 0.0786. The number of rotatable bonds is 8. The van der Waals surface area contributed by atoms with Gasteiger partial charge in [0.1, 0.15) is 6.54 Å². The van der Waals surface area contributed by atoms with Gasteiger partial charge in [0, 0.05) is 23.6 Å². The number of anilines is 1. The number of aliphatic imine (C=N–C) groups is 1. The molecule has 2 aliphatic rings. The number of carbonyl (C=O) groups is 3. The molecule has 0 saturated carbocycles. The number of benzodiazepines with no additional fused rings is 1. The SMILES string of the molecule is CCNC(=O)CN1C(=O)C(NC(=O)[C@@H](C)Cc2ccc(F)c(F)c2)N=C(c2ccc3c(c2)OCO3)c2ccccc21. The first kappa shape index (κ1) is 27.8. The second kappa shape index (κ2) is 11.7. The Hall–Kier alpha value is -4.80. The van der Waals surface area contributed by atoms with E-state index in [-0.39, 0.29) is 25.7 Å². The van der Waals surface area contributed by atoms with Crippen LogP contribution in [0.25, 0.3) is 0 Å². The van der Waals surface area contributed by atoms with Crippen LogP contribution in [0.5, 0.6) is 11.5 Å². The van der Waals surface area contributed by atoms with Crippen LogP contribution in [-0.4, -0.2) is 49.5 Å². The number of nitrogens with one attached hydrogen (secondary N) is 2. The first-order chi connectivity index (χ1) is 19.7. The van der Waals surface area contributed by atoms with Crippen LogP contribution in [0.4, 0.5) is 14.5 Å². The number of halogens is 2. The lowest BCUT2D eigenvalue weighted by Gasteiger charge is -2.25. The summed E-state index contributed by atoms with van der Waals surface area (Å²) in [6, 6.07) is 15.7. The van der Waals surface area contributed by atoms with Crippen molar-refractivity contribution in [3.05, 3.63) is 89.0 Å². The fourth-order valence-corrected chi connectivity index (χ4v) is 4.75. The third kappa shape index (κ3) is 5.88. The molecule has 2 aliphatic heterocycles. The fraction of sp³-hybridized carbons (Fsp3) is 0.267. The number of nitrogens with zero attached hydrogens (tertiary/aromatic N) is 2. The Morgan fingerprint density at radius 1 is 1.05 bits per heavy atom. The fourth-order valence-electron chi connectivity index (χ4n) is 4.75. The van der Waals surface area contributed by atoms with Gasteiger partial charge in [-0.2, -0.15) is 0 Å². The minimum Gasteiger partial charge on any atom is -0.454 e. The van der Waals surface area contributed by atoms with Crippen LogP contribution in [0.15, 0.2) is 65.7 Å². The maximum Gasteiger partial charge on any atom is 0.272 e. The number of hydrogen-bond donors (Lipinski definition) is 2. The molecule has 11 heteroatoms. The van der Waals surface area contributed by atoms with Crippen LogP contribution < -0.4 is 25.0 Å². The predicted octanol–water partition coefficient (Wildman–Crippen LogP) is 3.33. The van der Waals surface area contributed by atoms with Gasteiger partial charge in [0.15, 0.2) is 23.1 Å². The molecule has 0 saturated heterocycles. The van der Waals surface area contributed by atoms with Gasteiger partial charge in [-0.05, 0) is 55.3 Å². The molecule has 2 heterocycles. The largest absolute Gasteiger partial charge is 0.454 e. The van der Waals surface area contributed by atoms with Crippen molar-refractivity contribution in [1.29, 1.82) is 0 Å². The summed E-state index contributed by atoms with van der Waals surface area (Å²) in [5, 5.41) is 5.40. The first-order valence-corrected chi connectivity index (χ1v) is 13.1. The zero-order chi connectivity index (χ0) is 29.1. The van der Waals surface area contributed by atoms with Crippen molar-refractivity contribution >= 4 is 29.1 Å². The van der Waals surface area contributed by atoms with Crippen LogP contribution in [0.2, 0.25) is 0 Å². The van der Waals surface area contributed by atoms with E-state index in [2.05, 4.69) is 10.6 Å². The number of likely N-dealkylation sites (N-methyl/N-ethyl adjacent to an activating group) is 1. The molecule has 3 amide bonds. The Morgan fingerprint density at radius 3 is 2.61 bits per heavy atom. The molecule has 0 aromatic heterocycles. The molecule has 3 aromatic rings. The minimum atomic E-state index is -1.38. The number of para-hydroxylation sites is 1. The third-order valence-corrected chi connectivity index (χ3v) is 6.78. The van der Waals surface area contributed by atoms with Crippen molar-refractivity contribution in [2.75, 3.05) is 24.8 Å². The van der Waals surface area contributed by atoms with E-state index in [0.29, 0.717) is 46.1 Å². The van der Waals surface area contributed by atoms with E-state index in [1.807, 2.05) is 0 Å². The van der Waals surface area contributed by atoms with Gasteiger partial charge in [-0.3, -0.25) is 19.3 Å². The van der Waals surface area contributed by atoms with Crippen molar-refractivity contribution < 1.29 is 32.6 Å². The van der Waals surface area contributed by atoms with Gasteiger partial charge < -0.3 is 20.1 Å². The molecular formula is C30H28F2N4O5. The average Bonchev–Trinajstić information content (AvgIpc) is 3.40. The molecule has 212 valence electrons. The van der Waals surface area contributed by atoms with E-state index >= 15 is 0 Å². The molecule has 5 rings (SSSR count). The van der Waals surface area contributed by atoms with E-state index in [4.69, 9.17) is 14.5 Å². The van der Waals surface area contributed by atoms with Crippen molar-refractivity contribution in [3.8, 4) is 11.5 Å². The lowest BCUT2D eigenvalue weighted by Crippen LogP contribution is -2.51. The standard InChI is InChI=1S/C30H28F2N4O5/c1-3-33-26(37)15-36-23-7-5-4-6-20(23)27(19-9-11-24-25(14-19)41-16-40-24)34-28(30(36)39)35-29(38)17(2)12-18-8-10-21(31)22(32)13-18/h4-11,13-14,17,28H,3,12,15-16H2,1-2H3,(H,33,37)(H,35,38)/t17-,28?/m0/s1. The summed E-state index contributed by atoms with van der Waals surface area (Å²) in [7, 11) is 0. The van der Waals surface area contributed by atoms with Crippen LogP contribution in [0.1, 0.15) is 30.5 Å². The Labute approximate surface area is 235 Å². The second-order valence-electron chi connectivity index (χ2n) is 9.71. The molecule has 9 nitrogen and oxygen atoms in total. The zero-order valence-corrected chi connectivity index (χ0v) is 22.4. The summed E-state index contributed by atoms with van der Waals surface area (Å²) in [4.78, 5) is 45.8. The summed E-state index contributed by atoms with van der Waals surface area (Å²) in [5.74, 6) is -3.12. The first-order valence-electron chi connectivity index (χ1n) is 13.1. The third-order valence-electron chi connectivity index (χ3n) is 6.78. The summed E-state index contributed by atoms with van der Waals surface area (Å²) >= 11 is 0. The Morgan fingerprint density at radius 2 is 1.83 bits per heavy atom. The summed E-state index contributed by atoms with van der Waals surface area (Å²) < 4.78 is 38.1. The topological polar surface area (TPSA) is 109 Å². The Kier molecular flexibility index (Phi) is 7.95. The van der Waals surface area contributed by atoms with Gasteiger partial charge in [0.2, 0.25) is 24.8 Å². The highest BCUT2D eigenvalue weighted by Crippen LogP contribution is 2.35. The predicted molar refractivity (Wildman–Crippen MR) is 147 cm³/mol. The van der Waals surface area contributed by atoms with Gasteiger partial charge in [-0.15, -0.1) is 0 Å². The number of amides is 3. The number of ether oxygens (including phenoxy) is 2. The number of hydrogen-bond acceptors (Lipinski definition) is 6. The van der Waals surface area contributed by atoms with Crippen molar-refractivity contribution in [2.45, 2.75) is 26.4 Å². The monoisotopic (exact) mass is 562 g/mol. The van der Waals surface area contributed by atoms with Crippen LogP contribution in [0.3, 0.4) is 0 Å². The molecule has 2 atom stereocenters. The summed E-state index contributed by atoms with van der Waals surface area (Å²) in [6.07, 6.45) is -1.27. The van der Waals surface area contributed by atoms with E-state index in [1.165, 1.54) is 11.0 Å². The smallest absolute Gasteiger partial charge is 0.272 e.